The third kappa shape index (κ3) is 1.54. The van der Waals surface area contributed by atoms with E-state index in [1.54, 1.807) is 0 Å². The van der Waals surface area contributed by atoms with Crippen LogP contribution < -0.4 is 5.73 Å². The van der Waals surface area contributed by atoms with Crippen LogP contribution in [0, 0.1) is 0 Å². The van der Waals surface area contributed by atoms with Crippen LogP contribution in [0.4, 0.5) is 0 Å². The summed E-state index contributed by atoms with van der Waals surface area (Å²) in [5, 5.41) is 0. The van der Waals surface area contributed by atoms with Crippen LogP contribution in [0.2, 0.25) is 0 Å². The van der Waals surface area contributed by atoms with Gasteiger partial charge >= 0.3 is 0 Å². The molecule has 0 radical (unpaired) electrons. The van der Waals surface area contributed by atoms with Crippen LogP contribution in [0.5, 0.6) is 0 Å². The van der Waals surface area contributed by atoms with Gasteiger partial charge in [0.25, 0.3) is 0 Å². The van der Waals surface area contributed by atoms with Crippen molar-refractivity contribution in [1.29, 1.82) is 0 Å². The molecule has 0 saturated heterocycles. The summed E-state index contributed by atoms with van der Waals surface area (Å²) in [5.74, 6) is 0. The summed E-state index contributed by atoms with van der Waals surface area (Å²) < 4.78 is 0. The largest absolute Gasteiger partial charge is 0.352 e. The first kappa shape index (κ1) is 6.30. The molecule has 0 aromatic heterocycles. The molecule has 1 aromatic carbocycles. The Morgan fingerprint density at radius 1 is 1.22 bits per heavy atom. The molecule has 3 N–H and O–H groups in total. The summed E-state index contributed by atoms with van der Waals surface area (Å²) in [7, 11) is 0. The zero-order valence-corrected chi connectivity index (χ0v) is 5.67. The minimum absolute atomic E-state index is 0.409. The molecule has 1 atom stereocenters. The molecule has 0 aliphatic heterocycles. The number of rotatable bonds is 1. The van der Waals surface area contributed by atoms with E-state index in [1.807, 2.05) is 18.2 Å². The highest BCUT2D eigenvalue weighted by molar-refractivity contribution is 5.15. The van der Waals surface area contributed by atoms with E-state index in [9.17, 15) is 0 Å². The Morgan fingerprint density at radius 2 is 1.78 bits per heavy atom. The van der Waals surface area contributed by atoms with Crippen molar-refractivity contribution < 1.29 is 5.73 Å². The molecule has 0 spiro atoms. The van der Waals surface area contributed by atoms with Crippen LogP contribution in [0.25, 0.3) is 0 Å². The van der Waals surface area contributed by atoms with Crippen LogP contribution in [-0.4, -0.2) is 0 Å². The molecule has 0 aliphatic rings. The van der Waals surface area contributed by atoms with Gasteiger partial charge in [0, 0.05) is 5.56 Å². The standard InChI is InChI=1S/C8H11N/c1-7(9)8-5-3-2-4-6-8/h2-7H,9H2,1H3/p+1/t7-/m0/s1. The quantitative estimate of drug-likeness (QED) is 0.575. The summed E-state index contributed by atoms with van der Waals surface area (Å²) in [6, 6.07) is 10.7. The molecule has 1 rings (SSSR count). The van der Waals surface area contributed by atoms with Crippen molar-refractivity contribution in [3.63, 3.8) is 0 Å². The lowest BCUT2D eigenvalue weighted by atomic mass is 10.1. The highest BCUT2D eigenvalue weighted by Crippen LogP contribution is 2.04. The van der Waals surface area contributed by atoms with Crippen molar-refractivity contribution in [1.82, 2.24) is 0 Å². The molecule has 48 valence electrons. The Morgan fingerprint density at radius 3 is 2.11 bits per heavy atom. The van der Waals surface area contributed by atoms with E-state index < -0.39 is 0 Å². The predicted molar refractivity (Wildman–Crippen MR) is 37.7 cm³/mol. The van der Waals surface area contributed by atoms with Crippen LogP contribution in [0.1, 0.15) is 18.5 Å². The lowest BCUT2D eigenvalue weighted by Crippen LogP contribution is -2.51. The van der Waals surface area contributed by atoms with Gasteiger partial charge in [-0.05, 0) is 6.92 Å². The average molecular weight is 122 g/mol. The summed E-state index contributed by atoms with van der Waals surface area (Å²) in [5.41, 5.74) is 5.21. The molecule has 0 saturated carbocycles. The molecular weight excluding hydrogens is 110 g/mol. The molecule has 0 bridgehead atoms. The van der Waals surface area contributed by atoms with E-state index in [4.69, 9.17) is 0 Å². The monoisotopic (exact) mass is 122 g/mol. The zero-order valence-electron chi connectivity index (χ0n) is 5.67. The van der Waals surface area contributed by atoms with Crippen molar-refractivity contribution in [3.05, 3.63) is 35.9 Å². The van der Waals surface area contributed by atoms with Crippen LogP contribution in [-0.2, 0) is 0 Å². The van der Waals surface area contributed by atoms with Crippen molar-refractivity contribution in [2.24, 2.45) is 0 Å². The van der Waals surface area contributed by atoms with Crippen LogP contribution in [0.15, 0.2) is 30.3 Å². The van der Waals surface area contributed by atoms with E-state index in [-0.39, 0.29) is 0 Å². The fraction of sp³-hybridized carbons (Fsp3) is 0.250. The molecule has 0 amide bonds. The van der Waals surface area contributed by atoms with Gasteiger partial charge in [-0.1, -0.05) is 30.3 Å². The van der Waals surface area contributed by atoms with Crippen molar-refractivity contribution in [2.45, 2.75) is 13.0 Å². The maximum Gasteiger partial charge on any atom is 0.107 e. The normalized spacial score (nSPS) is 13.1. The van der Waals surface area contributed by atoms with Gasteiger partial charge in [-0.15, -0.1) is 0 Å². The number of benzene rings is 1. The third-order valence-corrected chi connectivity index (χ3v) is 1.37. The van der Waals surface area contributed by atoms with E-state index in [2.05, 4.69) is 24.8 Å². The Kier molecular flexibility index (Phi) is 1.85. The first-order valence-electron chi connectivity index (χ1n) is 3.18. The molecular formula is C8H12N+. The molecule has 9 heavy (non-hydrogen) atoms. The summed E-state index contributed by atoms with van der Waals surface area (Å²) in [4.78, 5) is 0. The maximum absolute atomic E-state index is 3.91. The lowest BCUT2D eigenvalue weighted by Gasteiger charge is -1.98. The molecule has 0 aliphatic carbocycles. The van der Waals surface area contributed by atoms with Gasteiger partial charge in [0.2, 0.25) is 0 Å². The summed E-state index contributed by atoms with van der Waals surface area (Å²) in [6.45, 7) is 2.09. The fourth-order valence-electron chi connectivity index (χ4n) is 0.782. The van der Waals surface area contributed by atoms with E-state index in [0.717, 1.165) is 0 Å². The van der Waals surface area contributed by atoms with Crippen LogP contribution in [0.3, 0.4) is 0 Å². The van der Waals surface area contributed by atoms with Gasteiger partial charge in [-0.2, -0.15) is 0 Å². The highest BCUT2D eigenvalue weighted by atomic mass is 14.6. The molecule has 0 fully saturated rings. The summed E-state index contributed by atoms with van der Waals surface area (Å²) >= 11 is 0. The number of hydrogen-bond acceptors (Lipinski definition) is 0. The summed E-state index contributed by atoms with van der Waals surface area (Å²) in [6.07, 6.45) is 0. The highest BCUT2D eigenvalue weighted by Gasteiger charge is 1.97. The number of hydrogen-bond donors (Lipinski definition) is 1. The van der Waals surface area contributed by atoms with Gasteiger partial charge in [0.05, 0.1) is 0 Å². The predicted octanol–water partition coefficient (Wildman–Crippen LogP) is 0.990. The Bertz CT molecular complexity index is 167. The SMILES string of the molecule is C[C@H]([NH3+])c1ccccc1. The van der Waals surface area contributed by atoms with Crippen molar-refractivity contribution in [2.75, 3.05) is 0 Å². The molecule has 1 heteroatoms. The van der Waals surface area contributed by atoms with Gasteiger partial charge in [0.1, 0.15) is 6.04 Å². The van der Waals surface area contributed by atoms with E-state index in [1.165, 1.54) is 5.56 Å². The Balaban J connectivity index is 2.85. The Hall–Kier alpha value is -0.820. The smallest absolute Gasteiger partial charge is 0.107 e. The molecule has 1 aromatic rings. The van der Waals surface area contributed by atoms with Gasteiger partial charge in [0.15, 0.2) is 0 Å². The second-order valence-electron chi connectivity index (χ2n) is 2.31. The topological polar surface area (TPSA) is 27.6 Å². The maximum atomic E-state index is 3.91. The fourth-order valence-corrected chi connectivity index (χ4v) is 0.782. The second kappa shape index (κ2) is 2.65. The minimum atomic E-state index is 0.409. The van der Waals surface area contributed by atoms with Gasteiger partial charge in [-0.3, -0.25) is 0 Å². The molecule has 1 nitrogen and oxygen atoms in total. The Labute approximate surface area is 55.5 Å². The molecule has 0 unspecified atom stereocenters. The lowest BCUT2D eigenvalue weighted by molar-refractivity contribution is -0.420. The van der Waals surface area contributed by atoms with Crippen LogP contribution >= 0.6 is 0 Å². The van der Waals surface area contributed by atoms with Gasteiger partial charge in [-0.25, -0.2) is 0 Å². The first-order valence-corrected chi connectivity index (χ1v) is 3.18. The third-order valence-electron chi connectivity index (χ3n) is 1.37. The second-order valence-corrected chi connectivity index (χ2v) is 2.31. The zero-order chi connectivity index (χ0) is 6.69. The average Bonchev–Trinajstić information content (AvgIpc) is 1.90. The number of quaternary nitrogens is 1. The molecule has 0 heterocycles. The van der Waals surface area contributed by atoms with E-state index >= 15 is 0 Å². The minimum Gasteiger partial charge on any atom is -0.352 e. The van der Waals surface area contributed by atoms with Crippen molar-refractivity contribution in [3.8, 4) is 0 Å². The van der Waals surface area contributed by atoms with Crippen molar-refractivity contribution >= 4 is 0 Å². The van der Waals surface area contributed by atoms with Gasteiger partial charge < -0.3 is 5.73 Å². The van der Waals surface area contributed by atoms with E-state index in [0.29, 0.717) is 6.04 Å². The first-order chi connectivity index (χ1) is 4.30.